The number of aromatic nitrogens is 5. The van der Waals surface area contributed by atoms with Crippen molar-refractivity contribution in [3.63, 3.8) is 0 Å². The van der Waals surface area contributed by atoms with Gasteiger partial charge in [-0.3, -0.25) is 9.67 Å². The van der Waals surface area contributed by atoms with Gasteiger partial charge in [0.05, 0.1) is 33.7 Å². The highest BCUT2D eigenvalue weighted by Crippen LogP contribution is 2.45. The molecule has 0 aliphatic carbocycles. The average Bonchev–Trinajstić information content (AvgIpc) is 3.53. The molecule has 2 N–H and O–H groups in total. The molecule has 1 atom stereocenters. The molecule has 44 heavy (non-hydrogen) atoms. The maximum atomic E-state index is 14.6. The molecule has 6 aromatic rings. The second-order valence-electron chi connectivity index (χ2n) is 11.7. The number of piperidine rings is 1. The van der Waals surface area contributed by atoms with Crippen LogP contribution in [0, 0.1) is 24.5 Å². The van der Waals surface area contributed by atoms with Crippen LogP contribution in [0.1, 0.15) is 37.1 Å². The van der Waals surface area contributed by atoms with Crippen LogP contribution in [0.3, 0.4) is 0 Å². The molecule has 0 amide bonds. The van der Waals surface area contributed by atoms with Gasteiger partial charge in [-0.2, -0.15) is 4.39 Å². The van der Waals surface area contributed by atoms with Gasteiger partial charge >= 0.3 is 0 Å². The average molecular weight is 596 g/mol. The van der Waals surface area contributed by atoms with Gasteiger partial charge < -0.3 is 15.2 Å². The van der Waals surface area contributed by atoms with Crippen LogP contribution >= 0.6 is 0 Å². The first-order valence-corrected chi connectivity index (χ1v) is 14.7. The predicted molar refractivity (Wildman–Crippen MR) is 167 cm³/mol. The molecule has 224 valence electrons. The summed E-state index contributed by atoms with van der Waals surface area (Å²) in [5, 5.41) is 5.23. The van der Waals surface area contributed by atoms with Crippen molar-refractivity contribution >= 4 is 27.6 Å². The Hall–Kier alpha value is -4.70. The summed E-state index contributed by atoms with van der Waals surface area (Å²) < 4.78 is 47.3. The normalized spacial score (nSPS) is 15.0. The zero-order valence-corrected chi connectivity index (χ0v) is 24.7. The van der Waals surface area contributed by atoms with Crippen molar-refractivity contribution in [3.8, 4) is 22.3 Å². The second kappa shape index (κ2) is 10.8. The maximum Gasteiger partial charge on any atom is 0.240 e. The van der Waals surface area contributed by atoms with Crippen LogP contribution in [0.5, 0.6) is 0 Å². The van der Waals surface area contributed by atoms with E-state index in [-0.39, 0.29) is 12.1 Å². The Morgan fingerprint density at radius 3 is 2.34 bits per heavy atom. The smallest absolute Gasteiger partial charge is 0.240 e. The molecule has 1 aliphatic heterocycles. The highest BCUT2D eigenvalue weighted by molar-refractivity contribution is 6.08. The molecular formula is C34H32F3N7. The van der Waals surface area contributed by atoms with E-state index in [1.807, 2.05) is 43.6 Å². The molecule has 1 aliphatic rings. The predicted octanol–water partition coefficient (Wildman–Crippen LogP) is 6.91. The fourth-order valence-electron chi connectivity index (χ4n) is 6.34. The third-order valence-electron chi connectivity index (χ3n) is 8.74. The highest BCUT2D eigenvalue weighted by Gasteiger charge is 2.28. The van der Waals surface area contributed by atoms with E-state index in [1.165, 1.54) is 16.8 Å². The molecule has 5 heterocycles. The summed E-state index contributed by atoms with van der Waals surface area (Å²) in [5.41, 5.74) is 13.1. The minimum absolute atomic E-state index is 0.0810. The summed E-state index contributed by atoms with van der Waals surface area (Å²) in [6.45, 7) is 5.42. The number of benzene rings is 2. The van der Waals surface area contributed by atoms with Crippen molar-refractivity contribution in [2.24, 2.45) is 12.8 Å². The van der Waals surface area contributed by atoms with Crippen LogP contribution in [-0.4, -0.2) is 43.4 Å². The molecule has 0 radical (unpaired) electrons. The first kappa shape index (κ1) is 28.1. The van der Waals surface area contributed by atoms with Crippen LogP contribution in [0.25, 0.3) is 44.2 Å². The van der Waals surface area contributed by atoms with Gasteiger partial charge in [0.2, 0.25) is 5.95 Å². The SMILES string of the molecule is Cc1ccc([C@H](C)n2cc(-c3ccc4c(F)nn(C)c4c3)c3c(N4CCC(N)CC4)c(-c4cc(F)cc(F)c4)cnc32)nc1. The van der Waals surface area contributed by atoms with E-state index < -0.39 is 17.6 Å². The lowest BCUT2D eigenvalue weighted by molar-refractivity contribution is 0.502. The fraction of sp³-hybridized carbons (Fsp3) is 0.265. The largest absolute Gasteiger partial charge is 0.370 e. The second-order valence-corrected chi connectivity index (χ2v) is 11.7. The molecule has 4 aromatic heterocycles. The molecule has 0 unspecified atom stereocenters. The number of aryl methyl sites for hydroxylation is 2. The van der Waals surface area contributed by atoms with Crippen LogP contribution in [-0.2, 0) is 7.05 Å². The van der Waals surface area contributed by atoms with Gasteiger partial charge in [0, 0.05) is 62.0 Å². The maximum absolute atomic E-state index is 14.6. The van der Waals surface area contributed by atoms with Crippen LogP contribution in [0.15, 0.2) is 67.1 Å². The number of anilines is 1. The Morgan fingerprint density at radius 1 is 0.886 bits per heavy atom. The van der Waals surface area contributed by atoms with Crippen molar-refractivity contribution in [3.05, 3.63) is 96.0 Å². The fourth-order valence-corrected chi connectivity index (χ4v) is 6.34. The molecule has 0 saturated carbocycles. The van der Waals surface area contributed by atoms with Crippen molar-refractivity contribution < 1.29 is 13.2 Å². The van der Waals surface area contributed by atoms with Gasteiger partial charge in [-0.15, -0.1) is 5.10 Å². The van der Waals surface area contributed by atoms with Gasteiger partial charge in [0.1, 0.15) is 17.3 Å². The topological polar surface area (TPSA) is 77.8 Å². The zero-order valence-electron chi connectivity index (χ0n) is 24.7. The van der Waals surface area contributed by atoms with E-state index in [0.717, 1.165) is 52.4 Å². The monoisotopic (exact) mass is 595 g/mol. The van der Waals surface area contributed by atoms with Crippen molar-refractivity contribution in [1.29, 1.82) is 0 Å². The third-order valence-corrected chi connectivity index (χ3v) is 8.74. The summed E-state index contributed by atoms with van der Waals surface area (Å²) in [4.78, 5) is 11.9. The lowest BCUT2D eigenvalue weighted by Gasteiger charge is -2.34. The van der Waals surface area contributed by atoms with Gasteiger partial charge in [0.15, 0.2) is 0 Å². The van der Waals surface area contributed by atoms with Crippen LogP contribution < -0.4 is 10.6 Å². The van der Waals surface area contributed by atoms with Crippen LogP contribution in [0.4, 0.5) is 18.9 Å². The van der Waals surface area contributed by atoms with Crippen molar-refractivity contribution in [2.45, 2.75) is 38.8 Å². The number of nitrogens with zero attached hydrogens (tertiary/aromatic N) is 6. The third kappa shape index (κ3) is 4.79. The number of hydrogen-bond acceptors (Lipinski definition) is 5. The molecule has 7 rings (SSSR count). The number of halogens is 3. The Morgan fingerprint density at radius 2 is 1.64 bits per heavy atom. The summed E-state index contributed by atoms with van der Waals surface area (Å²) >= 11 is 0. The molecule has 0 spiro atoms. The first-order valence-electron chi connectivity index (χ1n) is 14.7. The van der Waals surface area contributed by atoms with E-state index in [4.69, 9.17) is 15.7 Å². The Labute approximate surface area is 252 Å². The minimum atomic E-state index is -0.660. The van der Waals surface area contributed by atoms with Gasteiger partial charge in [-0.1, -0.05) is 12.1 Å². The van der Waals surface area contributed by atoms with E-state index in [9.17, 15) is 13.2 Å². The van der Waals surface area contributed by atoms with Gasteiger partial charge in [-0.25, -0.2) is 13.8 Å². The molecule has 0 bridgehead atoms. The van der Waals surface area contributed by atoms with Crippen molar-refractivity contribution in [1.82, 2.24) is 24.3 Å². The lowest BCUT2D eigenvalue weighted by atomic mass is 9.96. The Bertz CT molecular complexity index is 2000. The summed E-state index contributed by atoms with van der Waals surface area (Å²) in [6.07, 6.45) is 7.15. The summed E-state index contributed by atoms with van der Waals surface area (Å²) in [5.74, 6) is -1.85. The highest BCUT2D eigenvalue weighted by atomic mass is 19.1. The van der Waals surface area contributed by atoms with Gasteiger partial charge in [0.25, 0.3) is 0 Å². The number of rotatable bonds is 5. The molecule has 7 nitrogen and oxygen atoms in total. The Balaban J connectivity index is 1.55. The quantitative estimate of drug-likeness (QED) is 0.234. The molecular weight excluding hydrogens is 563 g/mol. The number of nitrogens with two attached hydrogens (primary N) is 1. The van der Waals surface area contributed by atoms with E-state index in [0.29, 0.717) is 40.8 Å². The first-order chi connectivity index (χ1) is 21.2. The minimum Gasteiger partial charge on any atom is -0.370 e. The van der Waals surface area contributed by atoms with E-state index >= 15 is 0 Å². The summed E-state index contributed by atoms with van der Waals surface area (Å²) in [7, 11) is 1.71. The van der Waals surface area contributed by atoms with E-state index in [2.05, 4.69) is 21.5 Å². The number of pyridine rings is 2. The molecule has 10 heteroatoms. The van der Waals surface area contributed by atoms with Gasteiger partial charge in [-0.05, 0) is 73.7 Å². The summed E-state index contributed by atoms with van der Waals surface area (Å²) in [6, 6.07) is 13.0. The zero-order chi connectivity index (χ0) is 30.7. The number of fused-ring (bicyclic) bond motifs is 2. The van der Waals surface area contributed by atoms with E-state index in [1.54, 1.807) is 19.3 Å². The lowest BCUT2D eigenvalue weighted by Crippen LogP contribution is -2.40. The molecule has 1 fully saturated rings. The standard InChI is InChI=1S/C34H32F3N7/c1-19-4-7-29(39-16-19)20(2)44-18-28(21-5-6-26-30(14-21)42(3)41-33(26)37)31-32(43-10-8-25(38)9-11-43)27(17-40-34(31)44)22-12-23(35)15-24(36)13-22/h4-7,12-18,20,25H,8-11,38H2,1-3H3/t20-/m0/s1. The molecule has 2 aromatic carbocycles. The Kier molecular flexibility index (Phi) is 6.88. The number of hydrogen-bond donors (Lipinski definition) is 1. The van der Waals surface area contributed by atoms with Crippen molar-refractivity contribution in [2.75, 3.05) is 18.0 Å². The molecule has 1 saturated heterocycles. The van der Waals surface area contributed by atoms with Crippen LogP contribution in [0.2, 0.25) is 0 Å².